The highest BCUT2D eigenvalue weighted by atomic mass is 15.6. The lowest BCUT2D eigenvalue weighted by atomic mass is 9.98. The van der Waals surface area contributed by atoms with Gasteiger partial charge in [-0.15, -0.1) is 0 Å². The lowest BCUT2D eigenvalue weighted by Crippen LogP contribution is -2.17. The van der Waals surface area contributed by atoms with E-state index < -0.39 is 0 Å². The van der Waals surface area contributed by atoms with Crippen molar-refractivity contribution in [1.29, 1.82) is 0 Å². The van der Waals surface area contributed by atoms with E-state index in [0.717, 1.165) is 12.3 Å². The second-order valence-electron chi connectivity index (χ2n) is 3.96. The fourth-order valence-electron chi connectivity index (χ4n) is 2.12. The van der Waals surface area contributed by atoms with Crippen LogP contribution in [0.1, 0.15) is 32.7 Å². The van der Waals surface area contributed by atoms with Gasteiger partial charge in [-0.3, -0.25) is 0 Å². The highest BCUT2D eigenvalue weighted by Gasteiger charge is 2.32. The van der Waals surface area contributed by atoms with Gasteiger partial charge in [0.15, 0.2) is 0 Å². The zero-order valence-electron chi connectivity index (χ0n) is 8.01. The molecule has 0 bridgehead atoms. The summed E-state index contributed by atoms with van der Waals surface area (Å²) in [7, 11) is 0. The smallest absolute Gasteiger partial charge is 0.240 e. The van der Waals surface area contributed by atoms with Crippen LogP contribution in [0.3, 0.4) is 0 Å². The minimum Gasteiger partial charge on any atom is -0.367 e. The average Bonchev–Trinajstić information content (AvgIpc) is 2.62. The maximum absolute atomic E-state index is 5.65. The van der Waals surface area contributed by atoms with Crippen molar-refractivity contribution in [1.82, 2.24) is 20.2 Å². The first-order valence-corrected chi connectivity index (χ1v) is 4.73. The summed E-state index contributed by atoms with van der Waals surface area (Å²) >= 11 is 0. The Kier molecular flexibility index (Phi) is 1.94. The minimum absolute atomic E-state index is 0.394. The van der Waals surface area contributed by atoms with Crippen LogP contribution in [0.15, 0.2) is 0 Å². The molecule has 0 aromatic carbocycles. The van der Waals surface area contributed by atoms with Crippen molar-refractivity contribution in [3.8, 4) is 0 Å². The van der Waals surface area contributed by atoms with E-state index >= 15 is 0 Å². The Morgan fingerprint density at radius 1 is 1.38 bits per heavy atom. The van der Waals surface area contributed by atoms with Crippen molar-refractivity contribution >= 4 is 5.95 Å². The summed E-state index contributed by atoms with van der Waals surface area (Å²) in [5.74, 6) is 1.80. The fourth-order valence-corrected chi connectivity index (χ4v) is 2.12. The van der Waals surface area contributed by atoms with Crippen LogP contribution in [0.4, 0.5) is 5.95 Å². The van der Waals surface area contributed by atoms with Gasteiger partial charge < -0.3 is 5.73 Å². The van der Waals surface area contributed by atoms with Gasteiger partial charge >= 0.3 is 0 Å². The van der Waals surface area contributed by atoms with E-state index in [2.05, 4.69) is 29.4 Å². The van der Waals surface area contributed by atoms with Crippen LogP contribution in [0.25, 0.3) is 0 Å². The zero-order chi connectivity index (χ0) is 9.42. The fraction of sp³-hybridized carbons (Fsp3) is 0.875. The van der Waals surface area contributed by atoms with Gasteiger partial charge in [-0.05, 0) is 35.1 Å². The molecule has 1 aromatic rings. The van der Waals surface area contributed by atoms with Crippen LogP contribution in [-0.4, -0.2) is 20.2 Å². The number of nitrogens with zero attached hydrogens (tertiary/aromatic N) is 4. The predicted octanol–water partition coefficient (Wildman–Crippen LogP) is 0.862. The standard InChI is InChI=1S/C8H15N5/c1-5-3-4-7(6(5)2)13-8(9)10-11-12-13/h5-7H,3-4H2,1-2H3,(H2,9,10,12). The normalized spacial score (nSPS) is 33.8. The molecule has 1 aliphatic carbocycles. The molecular formula is C8H15N5. The number of nitrogens with two attached hydrogens (primary N) is 1. The number of rotatable bonds is 1. The summed E-state index contributed by atoms with van der Waals surface area (Å²) in [6, 6.07) is 0.394. The molecule has 1 aliphatic rings. The van der Waals surface area contributed by atoms with E-state index in [-0.39, 0.29) is 0 Å². The molecule has 1 saturated carbocycles. The summed E-state index contributed by atoms with van der Waals surface area (Å²) < 4.78 is 1.76. The van der Waals surface area contributed by atoms with Crippen LogP contribution in [-0.2, 0) is 0 Å². The largest absolute Gasteiger partial charge is 0.367 e. The van der Waals surface area contributed by atoms with Gasteiger partial charge in [-0.25, -0.2) is 4.68 Å². The van der Waals surface area contributed by atoms with Crippen molar-refractivity contribution in [3.63, 3.8) is 0 Å². The summed E-state index contributed by atoms with van der Waals surface area (Å²) in [5, 5.41) is 11.2. The molecule has 5 nitrogen and oxygen atoms in total. The first kappa shape index (κ1) is 8.47. The molecule has 2 N–H and O–H groups in total. The average molecular weight is 181 g/mol. The number of nitrogen functional groups attached to an aromatic ring is 1. The third-order valence-electron chi connectivity index (χ3n) is 3.25. The topological polar surface area (TPSA) is 69.6 Å². The van der Waals surface area contributed by atoms with E-state index in [1.807, 2.05) is 0 Å². The van der Waals surface area contributed by atoms with Crippen molar-refractivity contribution < 1.29 is 0 Å². The van der Waals surface area contributed by atoms with E-state index in [0.29, 0.717) is 17.9 Å². The molecule has 72 valence electrons. The van der Waals surface area contributed by atoms with Gasteiger partial charge in [-0.1, -0.05) is 18.9 Å². The molecule has 13 heavy (non-hydrogen) atoms. The molecule has 3 atom stereocenters. The van der Waals surface area contributed by atoms with Crippen LogP contribution in [0.2, 0.25) is 0 Å². The van der Waals surface area contributed by atoms with Crippen molar-refractivity contribution in [2.75, 3.05) is 5.73 Å². The second kappa shape index (κ2) is 2.97. The third kappa shape index (κ3) is 1.28. The minimum atomic E-state index is 0.394. The molecule has 0 radical (unpaired) electrons. The Bertz CT molecular complexity index is 294. The van der Waals surface area contributed by atoms with Gasteiger partial charge in [0.25, 0.3) is 0 Å². The highest BCUT2D eigenvalue weighted by Crippen LogP contribution is 2.39. The van der Waals surface area contributed by atoms with Gasteiger partial charge in [0.1, 0.15) is 0 Å². The van der Waals surface area contributed by atoms with Gasteiger partial charge in [-0.2, -0.15) is 0 Å². The Balaban J connectivity index is 2.23. The summed E-state index contributed by atoms with van der Waals surface area (Å²) in [6.45, 7) is 4.51. The quantitative estimate of drug-likeness (QED) is 0.697. The molecule has 3 unspecified atom stereocenters. The molecular weight excluding hydrogens is 166 g/mol. The number of anilines is 1. The maximum Gasteiger partial charge on any atom is 0.240 e. The Morgan fingerprint density at radius 3 is 2.62 bits per heavy atom. The molecule has 0 saturated heterocycles. The molecule has 0 aliphatic heterocycles. The SMILES string of the molecule is CC1CCC(n2nnnc2N)C1C. The first-order chi connectivity index (χ1) is 6.20. The lowest BCUT2D eigenvalue weighted by molar-refractivity contribution is 0.329. The Labute approximate surface area is 77.3 Å². The molecule has 1 aromatic heterocycles. The number of hydrogen-bond acceptors (Lipinski definition) is 4. The van der Waals surface area contributed by atoms with Gasteiger partial charge in [0, 0.05) is 0 Å². The number of aromatic nitrogens is 4. The third-order valence-corrected chi connectivity index (χ3v) is 3.25. The highest BCUT2D eigenvalue weighted by molar-refractivity contribution is 5.12. The lowest BCUT2D eigenvalue weighted by Gasteiger charge is -2.17. The Morgan fingerprint density at radius 2 is 2.15 bits per heavy atom. The number of tetrazole rings is 1. The van der Waals surface area contributed by atoms with E-state index in [1.165, 1.54) is 6.42 Å². The molecule has 0 spiro atoms. The van der Waals surface area contributed by atoms with Gasteiger partial charge in [0.2, 0.25) is 5.95 Å². The number of hydrogen-bond donors (Lipinski definition) is 1. The van der Waals surface area contributed by atoms with Crippen molar-refractivity contribution in [3.05, 3.63) is 0 Å². The van der Waals surface area contributed by atoms with Crippen LogP contribution < -0.4 is 5.73 Å². The van der Waals surface area contributed by atoms with Crippen LogP contribution >= 0.6 is 0 Å². The summed E-state index contributed by atoms with van der Waals surface area (Å²) in [5.41, 5.74) is 5.65. The summed E-state index contributed by atoms with van der Waals surface area (Å²) in [6.07, 6.45) is 2.38. The van der Waals surface area contributed by atoms with E-state index in [9.17, 15) is 0 Å². The van der Waals surface area contributed by atoms with Gasteiger partial charge in [0.05, 0.1) is 6.04 Å². The second-order valence-corrected chi connectivity index (χ2v) is 3.96. The predicted molar refractivity (Wildman–Crippen MR) is 48.8 cm³/mol. The molecule has 0 amide bonds. The van der Waals surface area contributed by atoms with Crippen LogP contribution in [0, 0.1) is 11.8 Å². The molecule has 1 heterocycles. The zero-order valence-corrected chi connectivity index (χ0v) is 8.01. The van der Waals surface area contributed by atoms with Crippen LogP contribution in [0.5, 0.6) is 0 Å². The van der Waals surface area contributed by atoms with E-state index in [4.69, 9.17) is 5.73 Å². The van der Waals surface area contributed by atoms with Crippen molar-refractivity contribution in [2.45, 2.75) is 32.7 Å². The van der Waals surface area contributed by atoms with Crippen molar-refractivity contribution in [2.24, 2.45) is 11.8 Å². The maximum atomic E-state index is 5.65. The van der Waals surface area contributed by atoms with E-state index in [1.54, 1.807) is 4.68 Å². The molecule has 2 rings (SSSR count). The molecule has 1 fully saturated rings. The molecule has 5 heteroatoms. The monoisotopic (exact) mass is 181 g/mol. The summed E-state index contributed by atoms with van der Waals surface area (Å²) in [4.78, 5) is 0. The first-order valence-electron chi connectivity index (χ1n) is 4.73. The Hall–Kier alpha value is -1.13.